The molecule has 2 N–H and O–H groups in total. The van der Waals surface area contributed by atoms with Crippen LogP contribution in [0.4, 0.5) is 21.7 Å². The van der Waals surface area contributed by atoms with E-state index < -0.39 is 5.82 Å². The van der Waals surface area contributed by atoms with Gasteiger partial charge in [0.25, 0.3) is 0 Å². The fourth-order valence-electron chi connectivity index (χ4n) is 3.48. The van der Waals surface area contributed by atoms with Crippen LogP contribution < -0.4 is 10.6 Å². The molecule has 4 heterocycles. The lowest BCUT2D eigenvalue weighted by Gasteiger charge is -2.09. The molecule has 0 fully saturated rings. The van der Waals surface area contributed by atoms with Gasteiger partial charge in [-0.3, -0.25) is 14.0 Å². The summed E-state index contributed by atoms with van der Waals surface area (Å²) < 4.78 is 18.0. The van der Waals surface area contributed by atoms with Crippen LogP contribution in [0.15, 0.2) is 43.0 Å². The molecule has 0 aromatic carbocycles. The average Bonchev–Trinajstić information content (AvgIpc) is 3.26. The summed E-state index contributed by atoms with van der Waals surface area (Å²) in [7, 11) is 5.66. The molecule has 34 heavy (non-hydrogen) atoms. The molecule has 0 aliphatic rings. The number of hydrogen-bond acceptors (Lipinski definition) is 7. The number of carbonyl (C=O) groups is 1. The fraction of sp³-hybridized carbons (Fsp3) is 0.261. The molecule has 0 aliphatic carbocycles. The first-order valence-corrected chi connectivity index (χ1v) is 10.6. The van der Waals surface area contributed by atoms with Crippen LogP contribution in [0, 0.1) is 19.7 Å². The van der Waals surface area contributed by atoms with Gasteiger partial charge >= 0.3 is 0 Å². The molecule has 0 radical (unpaired) electrons. The summed E-state index contributed by atoms with van der Waals surface area (Å²) in [6.07, 6.45) is 9.46. The molecule has 10 nitrogen and oxygen atoms in total. The number of nitrogens with one attached hydrogen (secondary N) is 2. The van der Waals surface area contributed by atoms with Crippen LogP contribution in [-0.4, -0.2) is 60.7 Å². The molecular formula is C23H26FN9O. The summed E-state index contributed by atoms with van der Waals surface area (Å²) in [5.74, 6) is -0.535. The molecule has 1 amide bonds. The van der Waals surface area contributed by atoms with Gasteiger partial charge in [0.2, 0.25) is 11.9 Å². The van der Waals surface area contributed by atoms with Crippen molar-refractivity contribution in [2.75, 3.05) is 31.3 Å². The lowest BCUT2D eigenvalue weighted by atomic mass is 10.2. The van der Waals surface area contributed by atoms with E-state index in [4.69, 9.17) is 0 Å². The number of carbonyl (C=O) groups excluding carboxylic acids is 1. The highest BCUT2D eigenvalue weighted by Gasteiger charge is 2.16. The number of rotatable bonds is 7. The van der Waals surface area contributed by atoms with Gasteiger partial charge in [-0.2, -0.15) is 10.1 Å². The molecule has 0 saturated heterocycles. The number of fused-ring (bicyclic) bond motifs is 1. The van der Waals surface area contributed by atoms with Crippen LogP contribution in [0.3, 0.4) is 0 Å². The second kappa shape index (κ2) is 9.40. The Labute approximate surface area is 196 Å². The Morgan fingerprint density at radius 3 is 2.71 bits per heavy atom. The van der Waals surface area contributed by atoms with Gasteiger partial charge in [0.15, 0.2) is 11.6 Å². The predicted octanol–water partition coefficient (Wildman–Crippen LogP) is 3.10. The minimum absolute atomic E-state index is 0.0630. The standard InChI is InChI=1S/C23H26FN9O/c1-14-12-33(21-17(14)9-16(10-25-21)27-20(34)7-6-8-31(3)4)22-18(24)11-26-23(29-22)28-19-13-32(5)30-15(19)2/h6-7,9-13H,8H2,1-5H3,(H,27,34)(H,26,28,29)/b7-6+. The van der Waals surface area contributed by atoms with E-state index in [1.807, 2.05) is 46.0 Å². The SMILES string of the molecule is Cc1nn(C)cc1Nc1ncc(F)c(-n2cc(C)c3cc(NC(=O)/C=C/CN(C)C)cnc32)n1. The first-order valence-electron chi connectivity index (χ1n) is 10.6. The topological polar surface area (TPSA) is 106 Å². The van der Waals surface area contributed by atoms with Gasteiger partial charge in [-0.25, -0.2) is 14.4 Å². The Balaban J connectivity index is 1.63. The minimum Gasteiger partial charge on any atom is -0.321 e. The van der Waals surface area contributed by atoms with E-state index in [-0.39, 0.29) is 17.7 Å². The number of aromatic nitrogens is 6. The monoisotopic (exact) mass is 463 g/mol. The van der Waals surface area contributed by atoms with Crippen molar-refractivity contribution in [2.45, 2.75) is 13.8 Å². The van der Waals surface area contributed by atoms with Gasteiger partial charge in [0, 0.05) is 37.4 Å². The highest BCUT2D eigenvalue weighted by molar-refractivity contribution is 6.00. The summed E-state index contributed by atoms with van der Waals surface area (Å²) in [6.45, 7) is 4.41. The molecule has 0 saturated carbocycles. The maximum absolute atomic E-state index is 14.8. The maximum atomic E-state index is 14.8. The zero-order valence-electron chi connectivity index (χ0n) is 19.7. The number of pyridine rings is 1. The van der Waals surface area contributed by atoms with Crippen LogP contribution in [-0.2, 0) is 11.8 Å². The molecule has 0 unspecified atom stereocenters. The summed E-state index contributed by atoms with van der Waals surface area (Å²) >= 11 is 0. The molecule has 0 spiro atoms. The summed E-state index contributed by atoms with van der Waals surface area (Å²) in [5, 5.41) is 10.9. The van der Waals surface area contributed by atoms with Gasteiger partial charge in [-0.1, -0.05) is 6.08 Å². The van der Waals surface area contributed by atoms with Crippen LogP contribution in [0.25, 0.3) is 16.9 Å². The first-order chi connectivity index (χ1) is 16.2. The lowest BCUT2D eigenvalue weighted by molar-refractivity contribution is -0.111. The summed E-state index contributed by atoms with van der Waals surface area (Å²) in [6, 6.07) is 1.81. The van der Waals surface area contributed by atoms with Crippen molar-refractivity contribution in [2.24, 2.45) is 7.05 Å². The average molecular weight is 464 g/mol. The van der Waals surface area contributed by atoms with Crippen molar-refractivity contribution in [3.63, 3.8) is 0 Å². The molecule has 4 aromatic rings. The number of anilines is 3. The summed E-state index contributed by atoms with van der Waals surface area (Å²) in [4.78, 5) is 27.0. The Morgan fingerprint density at radius 1 is 1.21 bits per heavy atom. The number of nitrogens with zero attached hydrogens (tertiary/aromatic N) is 7. The zero-order valence-corrected chi connectivity index (χ0v) is 19.7. The first kappa shape index (κ1) is 23.1. The van der Waals surface area contributed by atoms with Crippen LogP contribution in [0.2, 0.25) is 0 Å². The van der Waals surface area contributed by atoms with Crippen molar-refractivity contribution in [1.29, 1.82) is 0 Å². The Hall–Kier alpha value is -4.12. The molecule has 11 heteroatoms. The maximum Gasteiger partial charge on any atom is 0.248 e. The minimum atomic E-state index is -0.587. The van der Waals surface area contributed by atoms with E-state index in [1.54, 1.807) is 27.7 Å². The molecule has 176 valence electrons. The smallest absolute Gasteiger partial charge is 0.248 e. The van der Waals surface area contributed by atoms with E-state index in [9.17, 15) is 9.18 Å². The molecule has 0 aliphatic heterocycles. The van der Waals surface area contributed by atoms with Crippen LogP contribution >= 0.6 is 0 Å². The second-order valence-electron chi connectivity index (χ2n) is 8.22. The lowest BCUT2D eigenvalue weighted by Crippen LogP contribution is -2.13. The number of aryl methyl sites for hydroxylation is 3. The van der Waals surface area contributed by atoms with Crippen molar-refractivity contribution in [1.82, 2.24) is 34.2 Å². The van der Waals surface area contributed by atoms with Crippen LogP contribution in [0.5, 0.6) is 0 Å². The van der Waals surface area contributed by atoms with E-state index in [2.05, 4.69) is 30.7 Å². The third kappa shape index (κ3) is 4.94. The Morgan fingerprint density at radius 2 is 2.00 bits per heavy atom. The Kier molecular flexibility index (Phi) is 6.37. The fourth-order valence-corrected chi connectivity index (χ4v) is 3.48. The number of likely N-dealkylation sites (N-methyl/N-ethyl adjacent to an activating group) is 1. The molecule has 4 rings (SSSR count). The van der Waals surface area contributed by atoms with Crippen molar-refractivity contribution < 1.29 is 9.18 Å². The van der Waals surface area contributed by atoms with E-state index >= 15 is 0 Å². The third-order valence-corrected chi connectivity index (χ3v) is 5.06. The summed E-state index contributed by atoms with van der Waals surface area (Å²) in [5.41, 5.74) is 3.42. The van der Waals surface area contributed by atoms with Gasteiger partial charge in [-0.15, -0.1) is 0 Å². The molecule has 0 bridgehead atoms. The van der Waals surface area contributed by atoms with Gasteiger partial charge in [0.05, 0.1) is 29.5 Å². The van der Waals surface area contributed by atoms with Gasteiger partial charge < -0.3 is 15.5 Å². The quantitative estimate of drug-likeness (QED) is 0.406. The van der Waals surface area contributed by atoms with E-state index in [0.29, 0.717) is 17.9 Å². The number of hydrogen-bond donors (Lipinski definition) is 2. The van der Waals surface area contributed by atoms with E-state index in [0.717, 1.165) is 28.5 Å². The zero-order chi connectivity index (χ0) is 24.4. The molecule has 0 atom stereocenters. The highest BCUT2D eigenvalue weighted by atomic mass is 19.1. The third-order valence-electron chi connectivity index (χ3n) is 5.06. The second-order valence-corrected chi connectivity index (χ2v) is 8.22. The van der Waals surface area contributed by atoms with Crippen molar-refractivity contribution in [3.8, 4) is 5.82 Å². The largest absolute Gasteiger partial charge is 0.321 e. The van der Waals surface area contributed by atoms with Gasteiger partial charge in [-0.05, 0) is 39.6 Å². The highest BCUT2D eigenvalue weighted by Crippen LogP contribution is 2.26. The predicted molar refractivity (Wildman–Crippen MR) is 129 cm³/mol. The molecular weight excluding hydrogens is 437 g/mol. The van der Waals surface area contributed by atoms with Crippen molar-refractivity contribution >= 4 is 34.3 Å². The Bertz CT molecular complexity index is 1390. The van der Waals surface area contributed by atoms with Gasteiger partial charge in [0.1, 0.15) is 5.65 Å². The number of halogens is 1. The normalized spacial score (nSPS) is 11.6. The molecule has 4 aromatic heterocycles. The van der Waals surface area contributed by atoms with Crippen LogP contribution in [0.1, 0.15) is 11.3 Å². The van der Waals surface area contributed by atoms with E-state index in [1.165, 1.54) is 12.3 Å². The number of amides is 1. The van der Waals surface area contributed by atoms with Crippen molar-refractivity contribution in [3.05, 3.63) is 60.1 Å².